The first-order valence-corrected chi connectivity index (χ1v) is 12.0. The van der Waals surface area contributed by atoms with Crippen molar-refractivity contribution in [3.05, 3.63) is 53.4 Å². The number of nitrogens with one attached hydrogen (secondary N) is 2. The fraction of sp³-hybridized carbons (Fsp3) is 0.480. The van der Waals surface area contributed by atoms with Crippen LogP contribution in [0.4, 0.5) is 27.6 Å². The van der Waals surface area contributed by atoms with E-state index in [9.17, 15) is 31.5 Å². The number of hydrazine groups is 1. The zero-order valence-electron chi connectivity index (χ0n) is 20.9. The summed E-state index contributed by atoms with van der Waals surface area (Å²) in [6, 6.07) is 4.47. The van der Waals surface area contributed by atoms with Crippen LogP contribution in [0.15, 0.2) is 30.5 Å². The number of pyridine rings is 1. The molecule has 2 saturated heterocycles. The SMILES string of the molecule is COc1c([C@H]2[C@H](C(=O)Nc3ccnc(C(=O)NN4CCCC4)c3)O[C@@](C)(C(F)(F)F)[C@H]2C)ccc(F)c1F. The van der Waals surface area contributed by atoms with Gasteiger partial charge in [-0.1, -0.05) is 13.0 Å². The molecule has 2 aliphatic rings. The molecule has 206 valence electrons. The van der Waals surface area contributed by atoms with Gasteiger partial charge >= 0.3 is 6.18 Å². The first kappa shape index (κ1) is 27.7. The Morgan fingerprint density at radius 2 is 1.87 bits per heavy atom. The van der Waals surface area contributed by atoms with E-state index in [2.05, 4.69) is 15.7 Å². The normalized spacial score (nSPS) is 25.8. The van der Waals surface area contributed by atoms with Gasteiger partial charge in [0.2, 0.25) is 5.82 Å². The van der Waals surface area contributed by atoms with Crippen molar-refractivity contribution in [1.82, 2.24) is 15.4 Å². The largest absolute Gasteiger partial charge is 0.493 e. The van der Waals surface area contributed by atoms with Gasteiger partial charge in [0.15, 0.2) is 17.2 Å². The van der Waals surface area contributed by atoms with E-state index in [1.165, 1.54) is 25.3 Å². The minimum Gasteiger partial charge on any atom is -0.493 e. The van der Waals surface area contributed by atoms with Gasteiger partial charge in [0, 0.05) is 42.4 Å². The fourth-order valence-corrected chi connectivity index (χ4v) is 4.92. The summed E-state index contributed by atoms with van der Waals surface area (Å²) in [7, 11) is 1.05. The van der Waals surface area contributed by atoms with E-state index in [-0.39, 0.29) is 16.9 Å². The van der Waals surface area contributed by atoms with Crippen molar-refractivity contribution < 1.29 is 41.0 Å². The molecule has 2 amide bonds. The molecule has 0 bridgehead atoms. The third-order valence-electron chi connectivity index (χ3n) is 7.20. The molecule has 38 heavy (non-hydrogen) atoms. The van der Waals surface area contributed by atoms with Crippen molar-refractivity contribution >= 4 is 17.5 Å². The van der Waals surface area contributed by atoms with E-state index in [1.807, 2.05) is 0 Å². The maximum atomic E-state index is 14.5. The summed E-state index contributed by atoms with van der Waals surface area (Å²) in [5.74, 6) is -7.49. The number of carbonyl (C=O) groups excluding carboxylic acids is 2. The van der Waals surface area contributed by atoms with Crippen LogP contribution in [0.5, 0.6) is 5.75 Å². The van der Waals surface area contributed by atoms with Crippen molar-refractivity contribution in [3.63, 3.8) is 0 Å². The number of benzene rings is 1. The van der Waals surface area contributed by atoms with Crippen molar-refractivity contribution in [2.24, 2.45) is 5.92 Å². The molecule has 3 heterocycles. The summed E-state index contributed by atoms with van der Waals surface area (Å²) in [6.45, 7) is 3.40. The molecular formula is C25H27F5N4O4. The molecule has 0 saturated carbocycles. The Kier molecular flexibility index (Phi) is 7.62. The van der Waals surface area contributed by atoms with Crippen LogP contribution in [-0.2, 0) is 9.53 Å². The van der Waals surface area contributed by atoms with Crippen molar-refractivity contribution in [3.8, 4) is 5.75 Å². The van der Waals surface area contributed by atoms with Gasteiger partial charge < -0.3 is 14.8 Å². The number of nitrogens with zero attached hydrogens (tertiary/aromatic N) is 2. The number of amides is 2. The molecule has 2 N–H and O–H groups in total. The summed E-state index contributed by atoms with van der Waals surface area (Å²) >= 11 is 0. The zero-order chi connectivity index (χ0) is 27.8. The van der Waals surface area contributed by atoms with Crippen LogP contribution in [0, 0.1) is 17.6 Å². The lowest BCUT2D eigenvalue weighted by atomic mass is 9.77. The number of anilines is 1. The molecule has 2 aromatic rings. The number of ether oxygens (including phenoxy) is 2. The Balaban J connectivity index is 1.64. The number of hydrogen-bond donors (Lipinski definition) is 2. The van der Waals surface area contributed by atoms with Gasteiger partial charge in [-0.15, -0.1) is 0 Å². The van der Waals surface area contributed by atoms with E-state index in [1.54, 1.807) is 5.01 Å². The molecule has 2 fully saturated rings. The highest BCUT2D eigenvalue weighted by molar-refractivity contribution is 5.97. The molecule has 1 aromatic carbocycles. The molecule has 0 radical (unpaired) electrons. The number of rotatable bonds is 6. The van der Waals surface area contributed by atoms with Crippen LogP contribution in [0.3, 0.4) is 0 Å². The van der Waals surface area contributed by atoms with Crippen LogP contribution >= 0.6 is 0 Å². The molecule has 2 aliphatic heterocycles. The predicted octanol–water partition coefficient (Wildman–Crippen LogP) is 4.19. The Labute approximate surface area is 215 Å². The lowest BCUT2D eigenvalue weighted by molar-refractivity contribution is -0.272. The Morgan fingerprint density at radius 3 is 2.50 bits per heavy atom. The fourth-order valence-electron chi connectivity index (χ4n) is 4.92. The number of carbonyl (C=O) groups is 2. The lowest BCUT2D eigenvalue weighted by Gasteiger charge is -2.32. The molecule has 4 rings (SSSR count). The summed E-state index contributed by atoms with van der Waals surface area (Å²) in [5, 5.41) is 4.21. The topological polar surface area (TPSA) is 92.8 Å². The second-order valence-corrected chi connectivity index (χ2v) is 9.50. The smallest absolute Gasteiger partial charge is 0.417 e. The maximum absolute atomic E-state index is 14.5. The quantitative estimate of drug-likeness (QED) is 0.532. The van der Waals surface area contributed by atoms with Crippen molar-refractivity contribution in [2.45, 2.75) is 50.5 Å². The summed E-state index contributed by atoms with van der Waals surface area (Å²) in [6.07, 6.45) is -3.51. The van der Waals surface area contributed by atoms with Crippen LogP contribution in [0.1, 0.15) is 48.7 Å². The highest BCUT2D eigenvalue weighted by atomic mass is 19.4. The van der Waals surface area contributed by atoms with E-state index in [0.717, 1.165) is 39.0 Å². The van der Waals surface area contributed by atoms with Crippen LogP contribution in [-0.4, -0.2) is 59.9 Å². The molecule has 0 spiro atoms. The molecule has 0 unspecified atom stereocenters. The molecule has 1 aromatic heterocycles. The second-order valence-electron chi connectivity index (χ2n) is 9.50. The maximum Gasteiger partial charge on any atom is 0.417 e. The average molecular weight is 543 g/mol. The molecule has 8 nitrogen and oxygen atoms in total. The minimum atomic E-state index is -4.89. The third-order valence-corrected chi connectivity index (χ3v) is 7.20. The van der Waals surface area contributed by atoms with E-state index in [0.29, 0.717) is 13.1 Å². The summed E-state index contributed by atoms with van der Waals surface area (Å²) in [4.78, 5) is 29.9. The minimum absolute atomic E-state index is 0.0191. The van der Waals surface area contributed by atoms with Crippen molar-refractivity contribution in [2.75, 3.05) is 25.5 Å². The summed E-state index contributed by atoms with van der Waals surface area (Å²) in [5.41, 5.74) is -0.156. The van der Waals surface area contributed by atoms with E-state index < -0.39 is 58.9 Å². The molecular weight excluding hydrogens is 515 g/mol. The predicted molar refractivity (Wildman–Crippen MR) is 125 cm³/mol. The van der Waals surface area contributed by atoms with Gasteiger partial charge in [-0.25, -0.2) is 9.40 Å². The number of methoxy groups -OCH3 is 1. The standard InChI is InChI=1S/C25H27F5N4O4/c1-13-18(15-6-7-16(26)19(27)20(15)37-3)21(38-24(13,2)25(28,29)30)23(36)32-14-8-9-31-17(12-14)22(35)33-34-10-4-5-11-34/h6-9,12-13,18,21H,4-5,10-11H2,1-3H3,(H,33,35)(H,31,32,36)/t13-,18-,21+,24+/m0/s1. The highest BCUT2D eigenvalue weighted by Crippen LogP contribution is 2.55. The van der Waals surface area contributed by atoms with Crippen LogP contribution < -0.4 is 15.5 Å². The number of halogens is 5. The highest BCUT2D eigenvalue weighted by Gasteiger charge is 2.65. The summed E-state index contributed by atoms with van der Waals surface area (Å²) < 4.78 is 81.0. The van der Waals surface area contributed by atoms with Gasteiger partial charge in [-0.2, -0.15) is 17.6 Å². The molecule has 4 atom stereocenters. The Morgan fingerprint density at radius 1 is 1.18 bits per heavy atom. The Bertz CT molecular complexity index is 1220. The molecule has 0 aliphatic carbocycles. The van der Waals surface area contributed by atoms with Gasteiger partial charge in [0.25, 0.3) is 11.8 Å². The Hall–Kier alpha value is -3.32. The van der Waals surface area contributed by atoms with E-state index in [4.69, 9.17) is 9.47 Å². The first-order valence-electron chi connectivity index (χ1n) is 12.0. The van der Waals surface area contributed by atoms with E-state index >= 15 is 0 Å². The van der Waals surface area contributed by atoms with Crippen LogP contribution in [0.25, 0.3) is 0 Å². The monoisotopic (exact) mass is 542 g/mol. The number of hydrogen-bond acceptors (Lipinski definition) is 6. The number of aromatic nitrogens is 1. The second kappa shape index (κ2) is 10.4. The number of alkyl halides is 3. The van der Waals surface area contributed by atoms with Gasteiger partial charge in [-0.3, -0.25) is 20.0 Å². The average Bonchev–Trinajstić information content (AvgIpc) is 3.47. The third kappa shape index (κ3) is 5.04. The van der Waals surface area contributed by atoms with Crippen molar-refractivity contribution in [1.29, 1.82) is 0 Å². The molecule has 13 heteroatoms. The van der Waals surface area contributed by atoms with Gasteiger partial charge in [0.1, 0.15) is 11.8 Å². The lowest BCUT2D eigenvalue weighted by Crippen LogP contribution is -2.47. The van der Waals surface area contributed by atoms with Crippen LogP contribution in [0.2, 0.25) is 0 Å². The first-order chi connectivity index (χ1) is 17.9. The van der Waals surface area contributed by atoms with Gasteiger partial charge in [-0.05, 0) is 38.0 Å². The van der Waals surface area contributed by atoms with Gasteiger partial charge in [0.05, 0.1) is 7.11 Å². The zero-order valence-corrected chi connectivity index (χ0v) is 20.9.